The lowest BCUT2D eigenvalue weighted by molar-refractivity contribution is -0.141. The van der Waals surface area contributed by atoms with E-state index in [1.54, 1.807) is 0 Å². The van der Waals surface area contributed by atoms with E-state index in [-0.39, 0.29) is 19.5 Å². The van der Waals surface area contributed by atoms with E-state index in [1.807, 2.05) is 0 Å². The number of ether oxygens (including phenoxy) is 1. The van der Waals surface area contributed by atoms with Crippen molar-refractivity contribution in [1.82, 2.24) is 9.97 Å². The van der Waals surface area contributed by atoms with Gasteiger partial charge in [-0.25, -0.2) is 4.98 Å². The van der Waals surface area contributed by atoms with Gasteiger partial charge in [-0.15, -0.1) is 0 Å². The topological polar surface area (TPSA) is 52.1 Å². The number of aromatic nitrogens is 2. The van der Waals surface area contributed by atoms with Gasteiger partial charge in [0.25, 0.3) is 6.47 Å². The van der Waals surface area contributed by atoms with E-state index < -0.39 is 11.9 Å². The predicted molar refractivity (Wildman–Crippen MR) is 42.8 cm³/mol. The zero-order chi connectivity index (χ0) is 11.3. The Morgan fingerprint density at radius 2 is 2.07 bits per heavy atom. The summed E-state index contributed by atoms with van der Waals surface area (Å²) in [5, 5.41) is 0. The van der Waals surface area contributed by atoms with Gasteiger partial charge < -0.3 is 4.74 Å². The Labute approximate surface area is 83.1 Å². The Bertz CT molecular complexity index is 324. The molecule has 0 spiro atoms. The molecule has 82 valence electrons. The normalized spacial score (nSPS) is 11.1. The summed E-state index contributed by atoms with van der Waals surface area (Å²) < 4.78 is 40.5. The number of carbonyl (C=O) groups excluding carboxylic acids is 1. The van der Waals surface area contributed by atoms with Crippen LogP contribution in [0.25, 0.3) is 0 Å². The van der Waals surface area contributed by atoms with Crippen molar-refractivity contribution in [3.05, 3.63) is 23.8 Å². The van der Waals surface area contributed by atoms with Gasteiger partial charge in [0.1, 0.15) is 0 Å². The zero-order valence-corrected chi connectivity index (χ0v) is 7.49. The van der Waals surface area contributed by atoms with Gasteiger partial charge in [0, 0.05) is 12.6 Å². The standard InChI is InChI=1S/C8H7F3N2O2/c9-8(10,11)7-4-12-6(3-13-7)1-2-15-5-14/h3-5H,1-2H2. The van der Waals surface area contributed by atoms with Crippen LogP contribution in [-0.2, 0) is 22.1 Å². The summed E-state index contributed by atoms with van der Waals surface area (Å²) in [4.78, 5) is 16.5. The Morgan fingerprint density at radius 1 is 1.33 bits per heavy atom. The maximum atomic E-state index is 12.1. The number of nitrogens with zero attached hydrogens (tertiary/aromatic N) is 2. The van der Waals surface area contributed by atoms with Crippen LogP contribution < -0.4 is 0 Å². The van der Waals surface area contributed by atoms with E-state index in [9.17, 15) is 18.0 Å². The van der Waals surface area contributed by atoms with Crippen molar-refractivity contribution < 1.29 is 22.7 Å². The highest BCUT2D eigenvalue weighted by Crippen LogP contribution is 2.26. The van der Waals surface area contributed by atoms with Gasteiger partial charge in [0.05, 0.1) is 18.5 Å². The summed E-state index contributed by atoms with van der Waals surface area (Å²) in [6.07, 6.45) is -2.58. The quantitative estimate of drug-likeness (QED) is 0.565. The highest BCUT2D eigenvalue weighted by Gasteiger charge is 2.32. The van der Waals surface area contributed by atoms with Crippen LogP contribution in [0.1, 0.15) is 11.4 Å². The summed E-state index contributed by atoms with van der Waals surface area (Å²) in [6, 6.07) is 0. The van der Waals surface area contributed by atoms with Gasteiger partial charge in [-0.2, -0.15) is 13.2 Å². The summed E-state index contributed by atoms with van der Waals surface area (Å²) >= 11 is 0. The molecule has 0 saturated heterocycles. The number of halogens is 3. The maximum Gasteiger partial charge on any atom is 0.434 e. The molecule has 0 atom stereocenters. The maximum absolute atomic E-state index is 12.1. The van der Waals surface area contributed by atoms with Gasteiger partial charge in [-0.3, -0.25) is 9.78 Å². The molecule has 0 aromatic carbocycles. The van der Waals surface area contributed by atoms with Crippen LogP contribution in [0, 0.1) is 0 Å². The first kappa shape index (κ1) is 11.4. The van der Waals surface area contributed by atoms with Gasteiger partial charge in [0.2, 0.25) is 0 Å². The minimum absolute atomic E-state index is 0.0730. The van der Waals surface area contributed by atoms with Crippen molar-refractivity contribution in [3.63, 3.8) is 0 Å². The molecular weight excluding hydrogens is 213 g/mol. The van der Waals surface area contributed by atoms with Gasteiger partial charge in [-0.05, 0) is 0 Å². The Morgan fingerprint density at radius 3 is 2.53 bits per heavy atom. The monoisotopic (exact) mass is 220 g/mol. The second-order valence-electron chi connectivity index (χ2n) is 2.61. The summed E-state index contributed by atoms with van der Waals surface area (Å²) in [6.45, 7) is 0.334. The predicted octanol–water partition coefficient (Wildman–Crippen LogP) is 1.21. The summed E-state index contributed by atoms with van der Waals surface area (Å²) in [7, 11) is 0. The molecule has 0 N–H and O–H groups in total. The Hall–Kier alpha value is -1.66. The summed E-state index contributed by atoms with van der Waals surface area (Å²) in [5.74, 6) is 0. The molecule has 4 nitrogen and oxygen atoms in total. The molecule has 1 aromatic rings. The number of hydrogen-bond acceptors (Lipinski definition) is 4. The number of carbonyl (C=O) groups is 1. The molecule has 0 amide bonds. The SMILES string of the molecule is O=COCCc1cnc(C(F)(F)F)cn1. The lowest BCUT2D eigenvalue weighted by Crippen LogP contribution is -2.09. The molecule has 0 bridgehead atoms. The van der Waals surface area contributed by atoms with Crippen LogP contribution in [0.2, 0.25) is 0 Å². The molecule has 0 saturated carbocycles. The third-order valence-corrected chi connectivity index (χ3v) is 1.54. The third-order valence-electron chi connectivity index (χ3n) is 1.54. The molecule has 0 radical (unpaired) electrons. The highest BCUT2D eigenvalue weighted by molar-refractivity contribution is 5.36. The van der Waals surface area contributed by atoms with Crippen LogP contribution in [0.15, 0.2) is 12.4 Å². The first-order valence-electron chi connectivity index (χ1n) is 3.97. The molecule has 1 heterocycles. The van der Waals surface area contributed by atoms with Crippen molar-refractivity contribution in [1.29, 1.82) is 0 Å². The Balaban J connectivity index is 2.60. The van der Waals surface area contributed by atoms with Crippen molar-refractivity contribution in [2.75, 3.05) is 6.61 Å². The highest BCUT2D eigenvalue weighted by atomic mass is 19.4. The fraction of sp³-hybridized carbons (Fsp3) is 0.375. The number of hydrogen-bond donors (Lipinski definition) is 0. The molecule has 0 unspecified atom stereocenters. The van der Waals surface area contributed by atoms with Crippen LogP contribution in [-0.4, -0.2) is 23.0 Å². The molecular formula is C8H7F3N2O2. The molecule has 7 heteroatoms. The van der Waals surface area contributed by atoms with Crippen molar-refractivity contribution in [2.24, 2.45) is 0 Å². The van der Waals surface area contributed by atoms with Crippen molar-refractivity contribution in [3.8, 4) is 0 Å². The van der Waals surface area contributed by atoms with Crippen LogP contribution in [0.4, 0.5) is 13.2 Å². The molecule has 0 fully saturated rings. The van der Waals surface area contributed by atoms with Crippen LogP contribution in [0.3, 0.4) is 0 Å². The fourth-order valence-corrected chi connectivity index (χ4v) is 0.842. The summed E-state index contributed by atoms with van der Waals surface area (Å²) in [5.41, 5.74) is -0.701. The molecule has 0 aliphatic heterocycles. The largest absolute Gasteiger partial charge is 0.467 e. The average Bonchev–Trinajstić information content (AvgIpc) is 2.18. The zero-order valence-electron chi connectivity index (χ0n) is 7.49. The average molecular weight is 220 g/mol. The van der Waals surface area contributed by atoms with Crippen molar-refractivity contribution >= 4 is 6.47 Å². The van der Waals surface area contributed by atoms with Gasteiger partial charge >= 0.3 is 6.18 Å². The van der Waals surface area contributed by atoms with E-state index in [2.05, 4.69) is 14.7 Å². The van der Waals surface area contributed by atoms with E-state index in [1.165, 1.54) is 0 Å². The number of rotatable bonds is 4. The molecule has 15 heavy (non-hydrogen) atoms. The van der Waals surface area contributed by atoms with E-state index in [0.717, 1.165) is 6.20 Å². The minimum atomic E-state index is -4.48. The van der Waals surface area contributed by atoms with Crippen molar-refractivity contribution in [2.45, 2.75) is 12.6 Å². The van der Waals surface area contributed by atoms with E-state index in [4.69, 9.17) is 0 Å². The van der Waals surface area contributed by atoms with Gasteiger partial charge in [-0.1, -0.05) is 0 Å². The number of alkyl halides is 3. The lowest BCUT2D eigenvalue weighted by Gasteiger charge is -2.05. The molecule has 1 rings (SSSR count). The van der Waals surface area contributed by atoms with Crippen LogP contribution >= 0.6 is 0 Å². The van der Waals surface area contributed by atoms with E-state index >= 15 is 0 Å². The first-order valence-corrected chi connectivity index (χ1v) is 3.97. The second-order valence-corrected chi connectivity index (χ2v) is 2.61. The fourth-order valence-electron chi connectivity index (χ4n) is 0.842. The first-order chi connectivity index (χ1) is 7.04. The molecule has 0 aliphatic rings. The molecule has 0 aliphatic carbocycles. The van der Waals surface area contributed by atoms with E-state index in [0.29, 0.717) is 11.9 Å². The Kier molecular flexibility index (Phi) is 3.59. The van der Waals surface area contributed by atoms with Crippen LogP contribution in [0.5, 0.6) is 0 Å². The second kappa shape index (κ2) is 4.72. The van der Waals surface area contributed by atoms with Gasteiger partial charge in [0.15, 0.2) is 5.69 Å². The smallest absolute Gasteiger partial charge is 0.434 e. The minimum Gasteiger partial charge on any atom is -0.467 e. The third kappa shape index (κ3) is 3.53. The lowest BCUT2D eigenvalue weighted by atomic mass is 10.3. The molecule has 1 aromatic heterocycles.